The van der Waals surface area contributed by atoms with Crippen molar-refractivity contribution in [1.82, 2.24) is 25.2 Å². The molecule has 150 valence electrons. The molecule has 2 rings (SSSR count). The number of nitrogens with zero attached hydrogens (tertiary/aromatic N) is 4. The highest BCUT2D eigenvalue weighted by atomic mass is 127. The smallest absolute Gasteiger partial charge is 0.191 e. The maximum atomic E-state index is 5.60. The minimum Gasteiger partial charge on any atom is -0.381 e. The number of hydrogen-bond donors (Lipinski definition) is 2. The number of halogens is 1. The van der Waals surface area contributed by atoms with Gasteiger partial charge in [0.2, 0.25) is 0 Å². The standard InChI is InChI=1S/C19H30N6O.HI/c1-4-21-19(23-7-5-11-26-14-16(2)3)24-13-17-6-8-22-18(12-17)25-10-9-20-15-25;/h6,8-10,12,15-16H,4-5,7,11,13-14H2,1-3H3,(H2,21,23,24);1H. The van der Waals surface area contributed by atoms with Crippen molar-refractivity contribution in [2.75, 3.05) is 26.3 Å². The topological polar surface area (TPSA) is 76.4 Å². The minimum atomic E-state index is 0. The van der Waals surface area contributed by atoms with E-state index < -0.39 is 0 Å². The van der Waals surface area contributed by atoms with Gasteiger partial charge < -0.3 is 15.4 Å². The normalized spacial score (nSPS) is 11.3. The van der Waals surface area contributed by atoms with Crippen molar-refractivity contribution < 1.29 is 4.74 Å². The van der Waals surface area contributed by atoms with Crippen molar-refractivity contribution in [2.45, 2.75) is 33.7 Å². The van der Waals surface area contributed by atoms with Crippen molar-refractivity contribution >= 4 is 29.9 Å². The first-order chi connectivity index (χ1) is 12.7. The van der Waals surface area contributed by atoms with E-state index in [0.29, 0.717) is 12.5 Å². The Kier molecular flexibility index (Phi) is 11.7. The van der Waals surface area contributed by atoms with Crippen LogP contribution in [0.3, 0.4) is 0 Å². The van der Waals surface area contributed by atoms with Gasteiger partial charge in [-0.3, -0.25) is 4.57 Å². The van der Waals surface area contributed by atoms with Crippen molar-refractivity contribution in [3.05, 3.63) is 42.6 Å². The Morgan fingerprint density at radius 1 is 1.30 bits per heavy atom. The molecule has 0 aromatic carbocycles. The number of guanidine groups is 1. The van der Waals surface area contributed by atoms with Crippen molar-refractivity contribution in [1.29, 1.82) is 0 Å². The first-order valence-corrected chi connectivity index (χ1v) is 9.22. The lowest BCUT2D eigenvalue weighted by atomic mass is 10.2. The summed E-state index contributed by atoms with van der Waals surface area (Å²) >= 11 is 0. The van der Waals surface area contributed by atoms with Gasteiger partial charge in [-0.2, -0.15) is 0 Å². The van der Waals surface area contributed by atoms with Crippen LogP contribution in [-0.4, -0.2) is 46.8 Å². The molecule has 0 aliphatic rings. The minimum absolute atomic E-state index is 0. The molecule has 0 amide bonds. The highest BCUT2D eigenvalue weighted by Gasteiger charge is 2.01. The average Bonchev–Trinajstić information content (AvgIpc) is 3.17. The van der Waals surface area contributed by atoms with E-state index in [2.05, 4.69) is 46.4 Å². The summed E-state index contributed by atoms with van der Waals surface area (Å²) in [5, 5.41) is 6.62. The zero-order valence-corrected chi connectivity index (χ0v) is 18.7. The Bertz CT molecular complexity index is 660. The van der Waals surface area contributed by atoms with Gasteiger partial charge >= 0.3 is 0 Å². The molecule has 8 heteroatoms. The molecule has 2 heterocycles. The second kappa shape index (κ2) is 13.5. The lowest BCUT2D eigenvalue weighted by Crippen LogP contribution is -2.38. The summed E-state index contributed by atoms with van der Waals surface area (Å²) in [6.45, 7) is 10.2. The largest absolute Gasteiger partial charge is 0.381 e. The molecule has 2 aromatic heterocycles. The van der Waals surface area contributed by atoms with Crippen LogP contribution in [0.1, 0.15) is 32.8 Å². The van der Waals surface area contributed by atoms with Gasteiger partial charge in [0, 0.05) is 44.9 Å². The van der Waals surface area contributed by atoms with E-state index in [0.717, 1.165) is 50.1 Å². The number of pyridine rings is 1. The first kappa shape index (κ1) is 23.4. The molecule has 0 spiro atoms. The van der Waals surface area contributed by atoms with Crippen LogP contribution in [-0.2, 0) is 11.3 Å². The Morgan fingerprint density at radius 3 is 2.85 bits per heavy atom. The van der Waals surface area contributed by atoms with E-state index in [-0.39, 0.29) is 24.0 Å². The van der Waals surface area contributed by atoms with E-state index in [1.165, 1.54) is 0 Å². The van der Waals surface area contributed by atoms with E-state index in [9.17, 15) is 0 Å². The second-order valence-corrected chi connectivity index (χ2v) is 6.44. The molecular weight excluding hydrogens is 455 g/mol. The SMILES string of the molecule is CCNC(=NCc1ccnc(-n2ccnc2)c1)NCCCOCC(C)C.I. The number of hydrogen-bond acceptors (Lipinski definition) is 4. The van der Waals surface area contributed by atoms with Gasteiger partial charge in [-0.05, 0) is 37.0 Å². The summed E-state index contributed by atoms with van der Waals surface area (Å²) in [7, 11) is 0. The molecule has 7 nitrogen and oxygen atoms in total. The molecule has 2 aromatic rings. The van der Waals surface area contributed by atoms with Crippen molar-refractivity contribution in [3.8, 4) is 5.82 Å². The molecule has 27 heavy (non-hydrogen) atoms. The number of nitrogens with one attached hydrogen (secondary N) is 2. The Hall–Kier alpha value is -1.68. The number of aromatic nitrogens is 3. The van der Waals surface area contributed by atoms with Gasteiger partial charge in [0.25, 0.3) is 0 Å². The van der Waals surface area contributed by atoms with Gasteiger partial charge in [0.15, 0.2) is 5.96 Å². The fourth-order valence-corrected chi connectivity index (χ4v) is 2.31. The van der Waals surface area contributed by atoms with E-state index in [1.807, 2.05) is 22.9 Å². The fourth-order valence-electron chi connectivity index (χ4n) is 2.31. The molecule has 0 fully saturated rings. The van der Waals surface area contributed by atoms with E-state index in [4.69, 9.17) is 4.74 Å². The Labute approximate surface area is 179 Å². The number of rotatable bonds is 10. The summed E-state index contributed by atoms with van der Waals surface area (Å²) < 4.78 is 7.48. The monoisotopic (exact) mass is 486 g/mol. The lowest BCUT2D eigenvalue weighted by molar-refractivity contribution is 0.108. The average molecular weight is 486 g/mol. The fraction of sp³-hybridized carbons (Fsp3) is 0.526. The molecule has 0 radical (unpaired) electrons. The van der Waals surface area contributed by atoms with Gasteiger partial charge in [-0.15, -0.1) is 24.0 Å². The summed E-state index contributed by atoms with van der Waals surface area (Å²) in [5.74, 6) is 2.24. The maximum Gasteiger partial charge on any atom is 0.191 e. The second-order valence-electron chi connectivity index (χ2n) is 6.44. The van der Waals surface area contributed by atoms with Crippen LogP contribution in [0.5, 0.6) is 0 Å². The number of aliphatic imine (C=N–C) groups is 1. The van der Waals surface area contributed by atoms with Crippen LogP contribution in [0.15, 0.2) is 42.0 Å². The zero-order chi connectivity index (χ0) is 18.6. The molecule has 0 aliphatic carbocycles. The summed E-state index contributed by atoms with van der Waals surface area (Å²) in [6, 6.07) is 4.00. The van der Waals surface area contributed by atoms with Crippen molar-refractivity contribution in [3.63, 3.8) is 0 Å². The highest BCUT2D eigenvalue weighted by molar-refractivity contribution is 14.0. The van der Waals surface area contributed by atoms with Crippen LogP contribution in [0.25, 0.3) is 5.82 Å². The zero-order valence-electron chi connectivity index (χ0n) is 16.4. The van der Waals surface area contributed by atoms with Gasteiger partial charge in [-0.1, -0.05) is 13.8 Å². The van der Waals surface area contributed by atoms with E-state index >= 15 is 0 Å². The predicted octanol–water partition coefficient (Wildman–Crippen LogP) is 3.00. The molecule has 0 bridgehead atoms. The van der Waals surface area contributed by atoms with Crippen LogP contribution in [0.2, 0.25) is 0 Å². The third kappa shape index (κ3) is 9.18. The molecule has 0 atom stereocenters. The first-order valence-electron chi connectivity index (χ1n) is 9.22. The van der Waals surface area contributed by atoms with Crippen LogP contribution in [0, 0.1) is 5.92 Å². The van der Waals surface area contributed by atoms with Gasteiger partial charge in [-0.25, -0.2) is 15.0 Å². The quantitative estimate of drug-likeness (QED) is 0.234. The number of ether oxygens (including phenoxy) is 1. The molecule has 0 saturated heterocycles. The summed E-state index contributed by atoms with van der Waals surface area (Å²) in [5.41, 5.74) is 1.10. The third-order valence-corrected chi connectivity index (χ3v) is 3.55. The van der Waals surface area contributed by atoms with Crippen LogP contribution in [0.4, 0.5) is 0 Å². The number of imidazole rings is 1. The van der Waals surface area contributed by atoms with E-state index in [1.54, 1.807) is 18.7 Å². The maximum absolute atomic E-state index is 5.60. The predicted molar refractivity (Wildman–Crippen MR) is 120 cm³/mol. The van der Waals surface area contributed by atoms with Crippen molar-refractivity contribution in [2.24, 2.45) is 10.9 Å². The van der Waals surface area contributed by atoms with Gasteiger partial charge in [0.05, 0.1) is 6.54 Å². The molecule has 0 saturated carbocycles. The Balaban J connectivity index is 0.00000364. The highest BCUT2D eigenvalue weighted by Crippen LogP contribution is 2.07. The Morgan fingerprint density at radius 2 is 2.15 bits per heavy atom. The molecule has 0 aliphatic heterocycles. The molecule has 0 unspecified atom stereocenters. The lowest BCUT2D eigenvalue weighted by Gasteiger charge is -2.12. The molecular formula is C19H31IN6O. The molecule has 2 N–H and O–H groups in total. The summed E-state index contributed by atoms with van der Waals surface area (Å²) in [4.78, 5) is 13.1. The summed E-state index contributed by atoms with van der Waals surface area (Å²) in [6.07, 6.45) is 8.11. The third-order valence-electron chi connectivity index (χ3n) is 3.55. The van der Waals surface area contributed by atoms with Gasteiger partial charge in [0.1, 0.15) is 12.1 Å². The van der Waals surface area contributed by atoms with Crippen LogP contribution < -0.4 is 10.6 Å². The van der Waals surface area contributed by atoms with Crippen LogP contribution >= 0.6 is 24.0 Å².